The average Bonchev–Trinajstić information content (AvgIpc) is 2.39. The number of hydrogen-bond acceptors (Lipinski definition) is 1. The Bertz CT molecular complexity index is 482. The molecule has 0 heterocycles. The molecule has 1 aromatic rings. The van der Waals surface area contributed by atoms with Gasteiger partial charge in [0, 0.05) is 12.1 Å². The quantitative estimate of drug-likeness (QED) is 0.349. The van der Waals surface area contributed by atoms with Gasteiger partial charge in [-0.25, -0.2) is 22.0 Å². The summed E-state index contributed by atoms with van der Waals surface area (Å²) in [7, 11) is 0. The maximum Gasteiger partial charge on any atom is 0.200 e. The van der Waals surface area contributed by atoms with Gasteiger partial charge in [-0.2, -0.15) is 0 Å². The molecule has 0 aromatic heterocycles. The summed E-state index contributed by atoms with van der Waals surface area (Å²) in [5.74, 6) is -9.39. The highest BCUT2D eigenvalue weighted by Crippen LogP contribution is 2.17. The van der Waals surface area contributed by atoms with Crippen molar-refractivity contribution in [3.8, 4) is 0 Å². The third kappa shape index (κ3) is 3.57. The Morgan fingerprint density at radius 3 is 1.43 bits per heavy atom. The van der Waals surface area contributed by atoms with Crippen molar-refractivity contribution in [2.24, 2.45) is 0 Å². The molecular weight excluding hydrogens is 288 g/mol. The Kier molecular flexibility index (Phi) is 5.79. The lowest BCUT2D eigenvalue weighted by atomic mass is 9.46. The van der Waals surface area contributed by atoms with E-state index in [2.05, 4.69) is 0 Å². The van der Waals surface area contributed by atoms with Crippen LogP contribution in [0.4, 0.5) is 22.0 Å². The molecule has 7 heteroatoms. The van der Waals surface area contributed by atoms with Crippen LogP contribution in [0.15, 0.2) is 0 Å². The third-order valence-electron chi connectivity index (χ3n) is 3.55. The third-order valence-corrected chi connectivity index (χ3v) is 3.55. The molecule has 0 radical (unpaired) electrons. The van der Waals surface area contributed by atoms with Crippen molar-refractivity contribution in [3.05, 3.63) is 29.1 Å². The van der Waals surface area contributed by atoms with Gasteiger partial charge >= 0.3 is 0 Å². The highest BCUT2D eigenvalue weighted by Gasteiger charge is 2.31. The Labute approximate surface area is 122 Å². The first-order chi connectivity index (χ1) is 9.59. The smallest absolute Gasteiger partial charge is 0.200 e. The predicted molar refractivity (Wildman–Crippen MR) is 74.5 cm³/mol. The van der Waals surface area contributed by atoms with E-state index in [4.69, 9.17) is 0 Å². The summed E-state index contributed by atoms with van der Waals surface area (Å²) in [6.45, 7) is 8.27. The van der Waals surface area contributed by atoms with Crippen molar-refractivity contribution in [1.82, 2.24) is 4.90 Å². The molecule has 0 atom stereocenters. The van der Waals surface area contributed by atoms with Gasteiger partial charge in [0.1, 0.15) is 0 Å². The van der Waals surface area contributed by atoms with Crippen LogP contribution in [0.3, 0.4) is 0 Å². The standard InChI is InChI=1S/C14H19BF5N/c1-7(2)21(8(3)4)6-15(5)9-10(16)12(18)14(20)13(19)11(9)17/h7-8H,6H2,1-5H3. The fraction of sp³-hybridized carbons (Fsp3) is 0.571. The van der Waals surface area contributed by atoms with E-state index in [0.29, 0.717) is 0 Å². The van der Waals surface area contributed by atoms with Gasteiger partial charge in [0.25, 0.3) is 0 Å². The molecule has 21 heavy (non-hydrogen) atoms. The van der Waals surface area contributed by atoms with Crippen LogP contribution >= 0.6 is 0 Å². The van der Waals surface area contributed by atoms with Gasteiger partial charge < -0.3 is 4.90 Å². The van der Waals surface area contributed by atoms with Crippen LogP contribution in [-0.2, 0) is 0 Å². The monoisotopic (exact) mass is 307 g/mol. The molecule has 0 unspecified atom stereocenters. The molecule has 0 N–H and O–H groups in total. The van der Waals surface area contributed by atoms with E-state index in [1.165, 1.54) is 6.82 Å². The second-order valence-corrected chi connectivity index (χ2v) is 5.77. The van der Waals surface area contributed by atoms with Crippen LogP contribution in [0.1, 0.15) is 27.7 Å². The Hall–Kier alpha value is -1.11. The first-order valence-electron chi connectivity index (χ1n) is 6.86. The van der Waals surface area contributed by atoms with Crippen molar-refractivity contribution < 1.29 is 22.0 Å². The van der Waals surface area contributed by atoms with Crippen molar-refractivity contribution in [1.29, 1.82) is 0 Å². The van der Waals surface area contributed by atoms with Gasteiger partial charge in [-0.1, -0.05) is 6.82 Å². The minimum atomic E-state index is -2.12. The van der Waals surface area contributed by atoms with E-state index in [1.54, 1.807) is 0 Å². The normalized spacial score (nSPS) is 11.9. The summed E-state index contributed by atoms with van der Waals surface area (Å²) >= 11 is 0. The van der Waals surface area contributed by atoms with E-state index in [-0.39, 0.29) is 18.5 Å². The summed E-state index contributed by atoms with van der Waals surface area (Å²) in [5, 5.41) is 0. The number of nitrogens with zero attached hydrogens (tertiary/aromatic N) is 1. The number of hydrogen-bond donors (Lipinski definition) is 0. The Balaban J connectivity index is 3.22. The fourth-order valence-corrected chi connectivity index (χ4v) is 2.48. The Morgan fingerprint density at radius 2 is 1.10 bits per heavy atom. The molecule has 1 aromatic carbocycles. The summed E-state index contributed by atoms with van der Waals surface area (Å²) in [6, 6.07) is 0.183. The van der Waals surface area contributed by atoms with Gasteiger partial charge in [0.05, 0.1) is 0 Å². The van der Waals surface area contributed by atoms with Crippen molar-refractivity contribution >= 4 is 12.2 Å². The topological polar surface area (TPSA) is 3.24 Å². The van der Waals surface area contributed by atoms with Crippen LogP contribution < -0.4 is 5.46 Å². The van der Waals surface area contributed by atoms with E-state index in [9.17, 15) is 22.0 Å². The molecule has 0 bridgehead atoms. The van der Waals surface area contributed by atoms with E-state index in [1.807, 2.05) is 32.6 Å². The lowest BCUT2D eigenvalue weighted by Crippen LogP contribution is -2.49. The molecule has 118 valence electrons. The first kappa shape index (κ1) is 17.9. The van der Waals surface area contributed by atoms with Gasteiger partial charge in [-0.15, -0.1) is 0 Å². The highest BCUT2D eigenvalue weighted by atomic mass is 19.2. The van der Waals surface area contributed by atoms with Crippen LogP contribution in [0.25, 0.3) is 0 Å². The molecule has 0 saturated heterocycles. The molecule has 0 saturated carbocycles. The van der Waals surface area contributed by atoms with E-state index in [0.717, 1.165) is 0 Å². The lowest BCUT2D eigenvalue weighted by molar-refractivity contribution is 0.206. The molecule has 1 nitrogen and oxygen atoms in total. The van der Waals surface area contributed by atoms with Crippen molar-refractivity contribution in [2.75, 3.05) is 6.44 Å². The molecule has 0 spiro atoms. The zero-order valence-electron chi connectivity index (χ0n) is 12.8. The molecule has 0 aliphatic rings. The predicted octanol–water partition coefficient (Wildman–Crippen LogP) is 3.37. The SMILES string of the molecule is CB(CN(C(C)C)C(C)C)c1c(F)c(F)c(F)c(F)c1F. The largest absolute Gasteiger partial charge is 0.305 e. The minimum absolute atomic E-state index is 0.0914. The molecule has 0 aliphatic heterocycles. The zero-order chi connectivity index (χ0) is 16.5. The minimum Gasteiger partial charge on any atom is -0.305 e. The molecule has 0 amide bonds. The maximum absolute atomic E-state index is 13.8. The molecular formula is C14H19BF5N. The zero-order valence-corrected chi connectivity index (χ0v) is 12.8. The first-order valence-corrected chi connectivity index (χ1v) is 6.86. The van der Waals surface area contributed by atoms with Gasteiger partial charge in [0.15, 0.2) is 35.8 Å². The van der Waals surface area contributed by atoms with Crippen LogP contribution in [0, 0.1) is 29.1 Å². The second-order valence-electron chi connectivity index (χ2n) is 5.77. The van der Waals surface area contributed by atoms with E-state index >= 15 is 0 Å². The van der Waals surface area contributed by atoms with Gasteiger partial charge in [0.2, 0.25) is 0 Å². The fourth-order valence-electron chi connectivity index (χ4n) is 2.48. The van der Waals surface area contributed by atoms with Crippen molar-refractivity contribution in [2.45, 2.75) is 46.6 Å². The summed E-state index contributed by atoms with van der Waals surface area (Å²) in [6.07, 6.45) is 0.202. The van der Waals surface area contributed by atoms with E-state index < -0.39 is 41.3 Å². The van der Waals surface area contributed by atoms with Crippen LogP contribution in [0.2, 0.25) is 6.82 Å². The van der Waals surface area contributed by atoms with Crippen molar-refractivity contribution in [3.63, 3.8) is 0 Å². The average molecular weight is 307 g/mol. The number of halogens is 5. The Morgan fingerprint density at radius 1 is 0.762 bits per heavy atom. The summed E-state index contributed by atoms with van der Waals surface area (Å²) in [5.41, 5.74) is -0.752. The molecule has 1 rings (SSSR count). The molecule has 0 aliphatic carbocycles. The molecule has 0 fully saturated rings. The number of rotatable bonds is 5. The maximum atomic E-state index is 13.8. The van der Waals surface area contributed by atoms with Crippen LogP contribution in [-0.4, -0.2) is 30.1 Å². The van der Waals surface area contributed by atoms with Gasteiger partial charge in [-0.3, -0.25) is 0 Å². The summed E-state index contributed by atoms with van der Waals surface area (Å²) in [4.78, 5) is 1.93. The second kappa shape index (κ2) is 6.77. The lowest BCUT2D eigenvalue weighted by Gasteiger charge is -2.32. The van der Waals surface area contributed by atoms with Gasteiger partial charge in [-0.05, 0) is 39.6 Å². The number of benzene rings is 1. The summed E-state index contributed by atoms with van der Waals surface area (Å²) < 4.78 is 67.1. The van der Waals surface area contributed by atoms with Crippen LogP contribution in [0.5, 0.6) is 0 Å². The highest BCUT2D eigenvalue weighted by molar-refractivity contribution is 6.72.